The number of ether oxygens (including phenoxy) is 3. The standard InChI is InChI=1S/C44H53N5O9S/c1-5-28-23-44(28,41(52)48-59(54,55)30-17-18-30)47-39(50)34-21-29-24-49(34)40(51)37(26-12-7-8-13-26)46-42(53)57-25-43(3,4)19-11-14-27-20-33-35(58-29)22-36(56-6-2)45-38(33)32-16-10-9-15-31(27)32/h5,9-11,14-16,20,22,26,28-30,34,37H,1,6-8,12-13,17-19,21,23-25H2,2-4H3,(H,46,53)(H,47,50)(H,48,52)/t28-,29-,34+,37+,44-/m1/s1. The van der Waals surface area contributed by atoms with Gasteiger partial charge in [0, 0.05) is 34.6 Å². The first-order valence-electron chi connectivity index (χ1n) is 20.8. The van der Waals surface area contributed by atoms with Gasteiger partial charge in [0.15, 0.2) is 0 Å². The van der Waals surface area contributed by atoms with E-state index in [4.69, 9.17) is 19.2 Å². The molecule has 0 spiro atoms. The van der Waals surface area contributed by atoms with Crippen molar-refractivity contribution in [2.24, 2.45) is 17.3 Å². The molecule has 15 heteroatoms. The van der Waals surface area contributed by atoms with Crippen molar-refractivity contribution in [1.29, 1.82) is 0 Å². The minimum Gasteiger partial charge on any atom is -0.488 e. The minimum absolute atomic E-state index is 0.0157. The van der Waals surface area contributed by atoms with Crippen LogP contribution in [-0.4, -0.2) is 90.9 Å². The number of hydrogen-bond donors (Lipinski definition) is 3. The van der Waals surface area contributed by atoms with Gasteiger partial charge in [0.1, 0.15) is 29.5 Å². The Hall–Kier alpha value is -5.18. The lowest BCUT2D eigenvalue weighted by molar-refractivity contribution is -0.142. The first-order valence-corrected chi connectivity index (χ1v) is 22.3. The molecule has 0 unspecified atom stereocenters. The van der Waals surface area contributed by atoms with Crippen molar-refractivity contribution >= 4 is 61.6 Å². The van der Waals surface area contributed by atoms with E-state index in [1.54, 1.807) is 6.07 Å². The Bertz CT molecular complexity index is 2340. The lowest BCUT2D eigenvalue weighted by Gasteiger charge is -2.32. The number of cyclic esters (lactones) is 1. The van der Waals surface area contributed by atoms with Gasteiger partial charge in [0.25, 0.3) is 5.91 Å². The van der Waals surface area contributed by atoms with Crippen LogP contribution in [0.5, 0.6) is 11.6 Å². The van der Waals surface area contributed by atoms with Crippen LogP contribution < -0.4 is 24.8 Å². The van der Waals surface area contributed by atoms with Gasteiger partial charge in [-0.1, -0.05) is 69.2 Å². The Labute approximate surface area is 344 Å². The summed E-state index contributed by atoms with van der Waals surface area (Å²) in [7, 11) is -3.91. The SMILES string of the molecule is C=C[C@@H]1C[C@]1(NC(=O)[C@@H]1C[C@@H]2CN1C(=O)[C@H](C1CCCC1)NC(=O)OCC(C)(C)CC=Cc1cc3c(cc(OCC)nc3c3ccccc13)O2)C(=O)NS(=O)(=O)C1CC1. The second-order valence-electron chi connectivity index (χ2n) is 17.5. The highest BCUT2D eigenvalue weighted by atomic mass is 32.2. The summed E-state index contributed by atoms with van der Waals surface area (Å²) in [5.74, 6) is -1.82. The molecule has 2 aromatic carbocycles. The van der Waals surface area contributed by atoms with Gasteiger partial charge in [-0.25, -0.2) is 18.2 Å². The summed E-state index contributed by atoms with van der Waals surface area (Å²) in [4.78, 5) is 63.0. The predicted octanol–water partition coefficient (Wildman–Crippen LogP) is 5.53. The molecule has 3 saturated carbocycles. The van der Waals surface area contributed by atoms with Gasteiger partial charge in [0.05, 0.1) is 30.5 Å². The van der Waals surface area contributed by atoms with Crippen LogP contribution in [0, 0.1) is 17.3 Å². The quantitative estimate of drug-likeness (QED) is 0.183. The molecule has 4 amide bonds. The summed E-state index contributed by atoms with van der Waals surface area (Å²) in [6, 6.07) is 9.58. The molecule has 5 aliphatic rings. The van der Waals surface area contributed by atoms with E-state index in [1.807, 2.05) is 51.1 Å². The van der Waals surface area contributed by atoms with Gasteiger partial charge in [0.2, 0.25) is 27.7 Å². The summed E-state index contributed by atoms with van der Waals surface area (Å²) in [6.45, 7) is 10.1. The van der Waals surface area contributed by atoms with Crippen molar-refractivity contribution in [3.05, 3.63) is 60.7 Å². The maximum Gasteiger partial charge on any atom is 0.407 e. The lowest BCUT2D eigenvalue weighted by atomic mass is 9.89. The lowest BCUT2D eigenvalue weighted by Crippen LogP contribution is -2.59. The molecular formula is C44H53N5O9S. The van der Waals surface area contributed by atoms with Crippen molar-refractivity contribution in [3.63, 3.8) is 0 Å². The molecule has 3 aromatic rings. The maximum absolute atomic E-state index is 14.9. The van der Waals surface area contributed by atoms with E-state index in [2.05, 4.69) is 34.1 Å². The van der Waals surface area contributed by atoms with E-state index >= 15 is 0 Å². The van der Waals surface area contributed by atoms with Gasteiger partial charge in [-0.2, -0.15) is 0 Å². The zero-order valence-electron chi connectivity index (χ0n) is 33.8. The molecule has 14 nitrogen and oxygen atoms in total. The Morgan fingerprint density at radius 1 is 1.08 bits per heavy atom. The molecule has 59 heavy (non-hydrogen) atoms. The first kappa shape index (κ1) is 40.6. The number of hydrogen-bond acceptors (Lipinski definition) is 10. The third-order valence-electron chi connectivity index (χ3n) is 12.4. The highest BCUT2D eigenvalue weighted by molar-refractivity contribution is 7.91. The van der Waals surface area contributed by atoms with Crippen LogP contribution in [-0.2, 0) is 29.1 Å². The van der Waals surface area contributed by atoms with Crippen LogP contribution in [0.2, 0.25) is 0 Å². The second kappa shape index (κ2) is 15.8. The van der Waals surface area contributed by atoms with Crippen LogP contribution in [0.25, 0.3) is 27.8 Å². The topological polar surface area (TPSA) is 182 Å². The number of alkyl carbamates (subject to hydrolysis) is 1. The molecule has 1 saturated heterocycles. The van der Waals surface area contributed by atoms with E-state index in [-0.39, 0.29) is 31.9 Å². The first-order chi connectivity index (χ1) is 28.2. The molecule has 8 rings (SSSR count). The largest absolute Gasteiger partial charge is 0.488 e. The number of nitrogens with one attached hydrogen (secondary N) is 3. The monoisotopic (exact) mass is 827 g/mol. The van der Waals surface area contributed by atoms with E-state index < -0.39 is 74.1 Å². The highest BCUT2D eigenvalue weighted by Crippen LogP contribution is 2.46. The van der Waals surface area contributed by atoms with E-state index in [1.165, 1.54) is 11.0 Å². The molecule has 314 valence electrons. The smallest absolute Gasteiger partial charge is 0.407 e. The third kappa shape index (κ3) is 8.22. The molecule has 3 N–H and O–H groups in total. The number of sulfonamides is 1. The molecule has 4 bridgehead atoms. The Morgan fingerprint density at radius 2 is 1.83 bits per heavy atom. The number of pyridine rings is 1. The maximum atomic E-state index is 14.9. The van der Waals surface area contributed by atoms with Gasteiger partial charge < -0.3 is 29.7 Å². The fourth-order valence-electron chi connectivity index (χ4n) is 8.90. The summed E-state index contributed by atoms with van der Waals surface area (Å²) < 4.78 is 46.4. The molecule has 0 radical (unpaired) electrons. The van der Waals surface area contributed by atoms with Crippen LogP contribution in [0.15, 0.2) is 55.1 Å². The summed E-state index contributed by atoms with van der Waals surface area (Å²) >= 11 is 0. The zero-order valence-corrected chi connectivity index (χ0v) is 34.6. The molecular weight excluding hydrogens is 775 g/mol. The van der Waals surface area contributed by atoms with Crippen LogP contribution in [0.4, 0.5) is 4.79 Å². The fourth-order valence-corrected chi connectivity index (χ4v) is 10.3. The van der Waals surface area contributed by atoms with E-state index in [0.29, 0.717) is 55.9 Å². The van der Waals surface area contributed by atoms with Crippen molar-refractivity contribution in [2.75, 3.05) is 19.8 Å². The zero-order chi connectivity index (χ0) is 41.7. The molecule has 3 aliphatic carbocycles. The Kier molecular flexibility index (Phi) is 10.9. The number of benzene rings is 2. The average Bonchev–Trinajstić information content (AvgIpc) is 4.08. The van der Waals surface area contributed by atoms with Gasteiger partial charge in [-0.3, -0.25) is 19.1 Å². The van der Waals surface area contributed by atoms with E-state index in [9.17, 15) is 27.6 Å². The molecule has 4 fully saturated rings. The van der Waals surface area contributed by atoms with Crippen LogP contribution in [0.1, 0.15) is 84.1 Å². The van der Waals surface area contributed by atoms with Gasteiger partial charge >= 0.3 is 6.09 Å². The summed E-state index contributed by atoms with van der Waals surface area (Å²) in [6.07, 6.45) is 9.09. The Balaban J connectivity index is 1.20. The van der Waals surface area contributed by atoms with Gasteiger partial charge in [-0.15, -0.1) is 6.58 Å². The van der Waals surface area contributed by atoms with Crippen molar-refractivity contribution < 1.29 is 41.8 Å². The Morgan fingerprint density at radius 3 is 2.53 bits per heavy atom. The number of carbonyl (C=O) groups excluding carboxylic acids is 4. The molecule has 5 atom stereocenters. The number of carbonyl (C=O) groups is 4. The number of amides is 4. The second-order valence-corrected chi connectivity index (χ2v) is 19.4. The van der Waals surface area contributed by atoms with Crippen LogP contribution >= 0.6 is 0 Å². The molecule has 3 heterocycles. The highest BCUT2D eigenvalue weighted by Gasteiger charge is 2.62. The van der Waals surface area contributed by atoms with Crippen LogP contribution in [0.3, 0.4) is 0 Å². The summed E-state index contributed by atoms with van der Waals surface area (Å²) in [5.41, 5.74) is -0.408. The molecule has 1 aromatic heterocycles. The number of rotatable bonds is 9. The normalized spacial score (nSPS) is 27.3. The van der Waals surface area contributed by atoms with Crippen molar-refractivity contribution in [1.82, 2.24) is 25.2 Å². The third-order valence-corrected chi connectivity index (χ3v) is 14.3. The van der Waals surface area contributed by atoms with Crippen molar-refractivity contribution in [3.8, 4) is 11.6 Å². The number of nitrogens with zero attached hydrogens (tertiary/aromatic N) is 2. The number of fused-ring (bicyclic) bond motifs is 6. The van der Waals surface area contributed by atoms with E-state index in [0.717, 1.165) is 34.6 Å². The number of allylic oxidation sites excluding steroid dienone is 1. The van der Waals surface area contributed by atoms with Gasteiger partial charge in [-0.05, 0) is 68.4 Å². The van der Waals surface area contributed by atoms with Crippen molar-refractivity contribution in [2.45, 2.75) is 108 Å². The predicted molar refractivity (Wildman–Crippen MR) is 222 cm³/mol. The average molecular weight is 828 g/mol. The molecule has 2 aliphatic heterocycles. The minimum atomic E-state index is -3.91. The number of aromatic nitrogens is 1. The fraction of sp³-hybridized carbons (Fsp3) is 0.523. The summed E-state index contributed by atoms with van der Waals surface area (Å²) in [5, 5.41) is 7.67.